The molecule has 0 bridgehead atoms. The molecule has 0 saturated carbocycles. The van der Waals surface area contributed by atoms with Crippen molar-refractivity contribution in [2.45, 2.75) is 31.6 Å². The first-order valence-electron chi connectivity index (χ1n) is 8.85. The number of hydrogen-bond donors (Lipinski definition) is 0. The van der Waals surface area contributed by atoms with Crippen molar-refractivity contribution in [3.05, 3.63) is 64.7 Å². The molecule has 0 saturated heterocycles. The Morgan fingerprint density at radius 3 is 2.11 bits per heavy atom. The Morgan fingerprint density at radius 2 is 1.56 bits per heavy atom. The molecule has 0 aliphatic carbocycles. The van der Waals surface area contributed by atoms with Crippen LogP contribution < -0.4 is 0 Å². The van der Waals surface area contributed by atoms with Crippen LogP contribution in [0, 0.1) is 0 Å². The average molecular weight is 387 g/mol. The molecule has 2 amide bonds. The predicted octanol–water partition coefficient (Wildman–Crippen LogP) is 2.81. The highest BCUT2D eigenvalue weighted by atomic mass is 32.2. The molecule has 7 heteroatoms. The van der Waals surface area contributed by atoms with Crippen LogP contribution in [0.1, 0.15) is 45.7 Å². The Labute approximate surface area is 158 Å². The van der Waals surface area contributed by atoms with Crippen LogP contribution >= 0.6 is 0 Å². The number of carbonyl (C=O) groups excluding carboxylic acids is 2. The zero-order valence-corrected chi connectivity index (χ0v) is 16.1. The lowest BCUT2D eigenvalue weighted by Gasteiger charge is -2.15. The SMILES string of the molecule is CCc1ccc(CC)c(S(=O)(=O)OCCN2C(=O)c3ccccc3C2=O)c1. The van der Waals surface area contributed by atoms with Gasteiger partial charge in [-0.15, -0.1) is 0 Å². The lowest BCUT2D eigenvalue weighted by molar-refractivity contribution is 0.0632. The molecule has 1 aliphatic heterocycles. The molecule has 1 heterocycles. The second kappa shape index (κ2) is 7.62. The quantitative estimate of drug-likeness (QED) is 0.539. The van der Waals surface area contributed by atoms with E-state index in [1.54, 1.807) is 36.4 Å². The van der Waals surface area contributed by atoms with E-state index in [0.29, 0.717) is 29.5 Å². The standard InChI is InChI=1S/C20H21NO5S/c1-3-14-9-10-15(4-2)18(13-14)27(24,25)26-12-11-21-19(22)16-7-5-6-8-17(16)20(21)23/h5-10,13H,3-4,11-12H2,1-2H3. The van der Waals surface area contributed by atoms with Crippen molar-refractivity contribution in [3.63, 3.8) is 0 Å². The molecule has 6 nitrogen and oxygen atoms in total. The minimum Gasteiger partial charge on any atom is -0.272 e. The van der Waals surface area contributed by atoms with Gasteiger partial charge in [-0.05, 0) is 42.2 Å². The van der Waals surface area contributed by atoms with Crippen molar-refractivity contribution in [3.8, 4) is 0 Å². The van der Waals surface area contributed by atoms with Crippen molar-refractivity contribution >= 4 is 21.9 Å². The summed E-state index contributed by atoms with van der Waals surface area (Å²) in [6.07, 6.45) is 1.27. The van der Waals surface area contributed by atoms with E-state index in [-0.39, 0.29) is 18.0 Å². The van der Waals surface area contributed by atoms with Crippen LogP contribution in [0.15, 0.2) is 47.4 Å². The molecule has 2 aromatic rings. The molecular formula is C20H21NO5S. The van der Waals surface area contributed by atoms with Crippen LogP contribution in [-0.2, 0) is 27.1 Å². The minimum atomic E-state index is -3.98. The van der Waals surface area contributed by atoms with E-state index in [2.05, 4.69) is 0 Å². The molecule has 27 heavy (non-hydrogen) atoms. The van der Waals surface area contributed by atoms with Crippen molar-refractivity contribution in [2.24, 2.45) is 0 Å². The van der Waals surface area contributed by atoms with Gasteiger partial charge in [-0.3, -0.25) is 18.7 Å². The number of rotatable bonds is 7. The van der Waals surface area contributed by atoms with Crippen LogP contribution in [-0.4, -0.2) is 38.3 Å². The van der Waals surface area contributed by atoms with E-state index < -0.39 is 21.9 Å². The summed E-state index contributed by atoms with van der Waals surface area (Å²) in [5.41, 5.74) is 2.23. The van der Waals surface area contributed by atoms with Gasteiger partial charge in [0.15, 0.2) is 0 Å². The minimum absolute atomic E-state index is 0.125. The summed E-state index contributed by atoms with van der Waals surface area (Å²) in [6.45, 7) is 3.41. The maximum atomic E-state index is 12.6. The van der Waals surface area contributed by atoms with Crippen molar-refractivity contribution in [1.82, 2.24) is 4.90 Å². The number of hydrogen-bond acceptors (Lipinski definition) is 5. The third-order valence-electron chi connectivity index (χ3n) is 4.62. The number of nitrogens with zero attached hydrogens (tertiary/aromatic N) is 1. The van der Waals surface area contributed by atoms with E-state index in [0.717, 1.165) is 10.5 Å². The molecule has 0 fully saturated rings. The zero-order valence-electron chi connectivity index (χ0n) is 15.3. The summed E-state index contributed by atoms with van der Waals surface area (Å²) in [5.74, 6) is -0.863. The Balaban J connectivity index is 1.73. The molecule has 0 N–H and O–H groups in total. The highest BCUT2D eigenvalue weighted by Gasteiger charge is 2.35. The number of imide groups is 1. The number of carbonyl (C=O) groups is 2. The molecule has 1 aliphatic rings. The maximum absolute atomic E-state index is 12.6. The Morgan fingerprint density at radius 1 is 0.926 bits per heavy atom. The van der Waals surface area contributed by atoms with E-state index in [1.807, 2.05) is 19.9 Å². The fourth-order valence-corrected chi connectivity index (χ4v) is 4.34. The maximum Gasteiger partial charge on any atom is 0.297 e. The highest BCUT2D eigenvalue weighted by molar-refractivity contribution is 7.86. The topological polar surface area (TPSA) is 80.8 Å². The average Bonchev–Trinajstić information content (AvgIpc) is 2.92. The first-order valence-corrected chi connectivity index (χ1v) is 10.3. The van der Waals surface area contributed by atoms with Gasteiger partial charge in [0.25, 0.3) is 21.9 Å². The van der Waals surface area contributed by atoms with E-state index in [9.17, 15) is 18.0 Å². The summed E-state index contributed by atoms with van der Waals surface area (Å²) < 4.78 is 30.4. The summed E-state index contributed by atoms with van der Waals surface area (Å²) >= 11 is 0. The lowest BCUT2D eigenvalue weighted by Crippen LogP contribution is -2.33. The largest absolute Gasteiger partial charge is 0.297 e. The van der Waals surface area contributed by atoms with Crippen LogP contribution in [0.25, 0.3) is 0 Å². The van der Waals surface area contributed by atoms with Crippen LogP contribution in [0.4, 0.5) is 0 Å². The van der Waals surface area contributed by atoms with Crippen molar-refractivity contribution in [2.75, 3.05) is 13.2 Å². The summed E-state index contributed by atoms with van der Waals surface area (Å²) in [6, 6.07) is 11.8. The van der Waals surface area contributed by atoms with Gasteiger partial charge >= 0.3 is 0 Å². The van der Waals surface area contributed by atoms with Gasteiger partial charge < -0.3 is 0 Å². The van der Waals surface area contributed by atoms with Gasteiger partial charge in [0.05, 0.1) is 29.2 Å². The summed E-state index contributed by atoms with van der Waals surface area (Å²) in [7, 11) is -3.98. The van der Waals surface area contributed by atoms with Crippen molar-refractivity contribution < 1.29 is 22.2 Å². The number of fused-ring (bicyclic) bond motifs is 1. The monoisotopic (exact) mass is 387 g/mol. The van der Waals surface area contributed by atoms with Crippen molar-refractivity contribution in [1.29, 1.82) is 0 Å². The van der Waals surface area contributed by atoms with Gasteiger partial charge in [0.2, 0.25) is 0 Å². The Bertz CT molecular complexity index is 962. The van der Waals surface area contributed by atoms with Crippen LogP contribution in [0.5, 0.6) is 0 Å². The van der Waals surface area contributed by atoms with E-state index in [1.165, 1.54) is 0 Å². The smallest absolute Gasteiger partial charge is 0.272 e. The Kier molecular flexibility index (Phi) is 5.43. The van der Waals surface area contributed by atoms with Gasteiger partial charge in [-0.1, -0.05) is 38.1 Å². The van der Waals surface area contributed by atoms with E-state index >= 15 is 0 Å². The second-order valence-corrected chi connectivity index (χ2v) is 7.82. The molecule has 0 spiro atoms. The predicted molar refractivity (Wildman–Crippen MR) is 100 cm³/mol. The second-order valence-electron chi connectivity index (χ2n) is 6.23. The first kappa shape index (κ1) is 19.3. The highest BCUT2D eigenvalue weighted by Crippen LogP contribution is 2.24. The third-order valence-corrected chi connectivity index (χ3v) is 6.02. The van der Waals surface area contributed by atoms with Crippen LogP contribution in [0.3, 0.4) is 0 Å². The fraction of sp³-hybridized carbons (Fsp3) is 0.300. The van der Waals surface area contributed by atoms with Gasteiger partial charge in [0, 0.05) is 0 Å². The van der Waals surface area contributed by atoms with E-state index in [4.69, 9.17) is 4.18 Å². The third kappa shape index (κ3) is 3.65. The van der Waals surface area contributed by atoms with Crippen LogP contribution in [0.2, 0.25) is 0 Å². The number of benzene rings is 2. The molecule has 0 radical (unpaired) electrons. The summed E-state index contributed by atoms with van der Waals surface area (Å²) in [4.78, 5) is 25.8. The molecular weight excluding hydrogens is 366 g/mol. The molecule has 2 aromatic carbocycles. The molecule has 0 atom stereocenters. The normalized spacial score (nSPS) is 13.9. The zero-order chi connectivity index (χ0) is 19.6. The van der Waals surface area contributed by atoms with Gasteiger partial charge in [-0.25, -0.2) is 0 Å². The molecule has 3 rings (SSSR count). The first-order chi connectivity index (χ1) is 12.9. The molecule has 0 unspecified atom stereocenters. The van der Waals surface area contributed by atoms with Gasteiger partial charge in [-0.2, -0.15) is 8.42 Å². The molecule has 0 aromatic heterocycles. The lowest BCUT2D eigenvalue weighted by atomic mass is 10.1. The van der Waals surface area contributed by atoms with Gasteiger partial charge in [0.1, 0.15) is 0 Å². The fourth-order valence-electron chi connectivity index (χ4n) is 3.09. The summed E-state index contributed by atoms with van der Waals surface area (Å²) in [5, 5.41) is 0. The number of aryl methyl sites for hydroxylation is 2. The molecule has 142 valence electrons. The number of amides is 2. The Hall–Kier alpha value is -2.51.